The molecule has 2 aromatic heterocycles. The summed E-state index contributed by atoms with van der Waals surface area (Å²) >= 11 is 1.32. The predicted molar refractivity (Wildman–Crippen MR) is 125 cm³/mol. The van der Waals surface area contributed by atoms with E-state index in [1.165, 1.54) is 30.6 Å². The average molecular weight is 444 g/mol. The number of nitrogens with zero attached hydrogens (tertiary/aromatic N) is 1. The maximum Gasteiger partial charge on any atom is 0.334 e. The molecule has 0 fully saturated rings. The van der Waals surface area contributed by atoms with Crippen molar-refractivity contribution in [2.45, 2.75) is 0 Å². The minimum atomic E-state index is -0.504. The van der Waals surface area contributed by atoms with Crippen LogP contribution in [-0.4, -0.2) is 16.7 Å². The SMILES string of the molecule is COc1cccc(-n2c(=O)[nH]c3scc(-c4ccc(-c5ccc(F)cc5)cc4)c3c2=O)c1. The molecule has 158 valence electrons. The van der Waals surface area contributed by atoms with Crippen LogP contribution in [0.3, 0.4) is 0 Å². The van der Waals surface area contributed by atoms with Crippen molar-refractivity contribution in [3.05, 3.63) is 105 Å². The minimum Gasteiger partial charge on any atom is -0.497 e. The number of halogens is 1. The van der Waals surface area contributed by atoms with Gasteiger partial charge in [0.2, 0.25) is 0 Å². The van der Waals surface area contributed by atoms with Crippen molar-refractivity contribution in [3.63, 3.8) is 0 Å². The Morgan fingerprint density at radius 3 is 2.25 bits per heavy atom. The topological polar surface area (TPSA) is 64.1 Å². The lowest BCUT2D eigenvalue weighted by molar-refractivity contribution is 0.414. The molecule has 0 aliphatic rings. The van der Waals surface area contributed by atoms with Crippen LogP contribution in [0.5, 0.6) is 5.75 Å². The van der Waals surface area contributed by atoms with E-state index in [9.17, 15) is 14.0 Å². The van der Waals surface area contributed by atoms with Crippen molar-refractivity contribution in [2.75, 3.05) is 7.11 Å². The number of thiophene rings is 1. The summed E-state index contributed by atoms with van der Waals surface area (Å²) in [4.78, 5) is 29.4. The third-order valence-electron chi connectivity index (χ3n) is 5.32. The van der Waals surface area contributed by atoms with Gasteiger partial charge in [0.1, 0.15) is 16.4 Å². The highest BCUT2D eigenvalue weighted by molar-refractivity contribution is 7.17. The highest BCUT2D eigenvalue weighted by Crippen LogP contribution is 2.32. The van der Waals surface area contributed by atoms with E-state index in [4.69, 9.17) is 4.74 Å². The molecule has 1 N–H and O–H groups in total. The van der Waals surface area contributed by atoms with Crippen molar-refractivity contribution in [1.82, 2.24) is 9.55 Å². The zero-order chi connectivity index (χ0) is 22.2. The molecule has 0 unspecified atom stereocenters. The van der Waals surface area contributed by atoms with Gasteiger partial charge >= 0.3 is 5.69 Å². The van der Waals surface area contributed by atoms with Gasteiger partial charge in [-0.05, 0) is 41.0 Å². The number of rotatable bonds is 4. The third-order valence-corrected chi connectivity index (χ3v) is 6.21. The molecule has 5 nitrogen and oxygen atoms in total. The fraction of sp³-hybridized carbons (Fsp3) is 0.0400. The first-order chi connectivity index (χ1) is 15.5. The minimum absolute atomic E-state index is 0.281. The second-order valence-electron chi connectivity index (χ2n) is 7.21. The van der Waals surface area contributed by atoms with E-state index in [2.05, 4.69) is 4.98 Å². The Morgan fingerprint density at radius 2 is 1.56 bits per heavy atom. The third kappa shape index (κ3) is 3.42. The average Bonchev–Trinajstić information content (AvgIpc) is 3.24. The monoisotopic (exact) mass is 444 g/mol. The van der Waals surface area contributed by atoms with Crippen LogP contribution >= 0.6 is 11.3 Å². The molecule has 0 atom stereocenters. The number of methoxy groups -OCH3 is 1. The number of hydrogen-bond acceptors (Lipinski definition) is 4. The Labute approximate surface area is 186 Å². The fourth-order valence-corrected chi connectivity index (χ4v) is 4.65. The number of ether oxygens (including phenoxy) is 1. The molecule has 3 aromatic carbocycles. The molecule has 0 saturated carbocycles. The molecule has 0 spiro atoms. The number of H-pyrrole nitrogens is 1. The lowest BCUT2D eigenvalue weighted by Gasteiger charge is -2.08. The summed E-state index contributed by atoms with van der Waals surface area (Å²) in [5.41, 5.74) is 2.97. The van der Waals surface area contributed by atoms with Gasteiger partial charge in [0, 0.05) is 17.0 Å². The van der Waals surface area contributed by atoms with Crippen LogP contribution in [0, 0.1) is 5.82 Å². The van der Waals surface area contributed by atoms with Gasteiger partial charge in [-0.15, -0.1) is 11.3 Å². The Kier molecular flexibility index (Phi) is 4.95. The largest absolute Gasteiger partial charge is 0.497 e. The number of fused-ring (bicyclic) bond motifs is 1. The summed E-state index contributed by atoms with van der Waals surface area (Å²) in [6.45, 7) is 0. The molecule has 0 saturated heterocycles. The maximum atomic E-state index is 13.4. The van der Waals surface area contributed by atoms with Gasteiger partial charge in [-0.25, -0.2) is 13.8 Å². The molecule has 5 aromatic rings. The molecule has 0 aliphatic carbocycles. The van der Waals surface area contributed by atoms with E-state index in [1.54, 1.807) is 36.4 Å². The predicted octanol–water partition coefficient (Wildman–Crippen LogP) is 5.22. The first-order valence-corrected chi connectivity index (χ1v) is 10.7. The summed E-state index contributed by atoms with van der Waals surface area (Å²) in [7, 11) is 1.53. The Hall–Kier alpha value is -3.97. The van der Waals surface area contributed by atoms with Crippen molar-refractivity contribution in [1.29, 1.82) is 0 Å². The van der Waals surface area contributed by atoms with Crippen molar-refractivity contribution in [3.8, 4) is 33.7 Å². The molecular weight excluding hydrogens is 427 g/mol. The molecule has 0 aliphatic heterocycles. The zero-order valence-electron chi connectivity index (χ0n) is 17.0. The van der Waals surface area contributed by atoms with Gasteiger partial charge < -0.3 is 4.74 Å². The molecular formula is C25H17FN2O3S. The van der Waals surface area contributed by atoms with E-state index in [0.717, 1.165) is 26.8 Å². The van der Waals surface area contributed by atoms with E-state index >= 15 is 0 Å². The Morgan fingerprint density at radius 1 is 0.906 bits per heavy atom. The number of nitrogens with one attached hydrogen (secondary N) is 1. The van der Waals surface area contributed by atoms with Crippen LogP contribution in [0.25, 0.3) is 38.2 Å². The highest BCUT2D eigenvalue weighted by Gasteiger charge is 2.16. The van der Waals surface area contributed by atoms with E-state index in [0.29, 0.717) is 21.7 Å². The molecule has 0 radical (unpaired) electrons. The second kappa shape index (κ2) is 7.94. The quantitative estimate of drug-likeness (QED) is 0.413. The number of aromatic amines is 1. The smallest absolute Gasteiger partial charge is 0.334 e. The Bertz CT molecular complexity index is 1550. The maximum absolute atomic E-state index is 13.4. The van der Waals surface area contributed by atoms with Crippen LogP contribution in [0.15, 0.2) is 87.8 Å². The van der Waals surface area contributed by atoms with Gasteiger partial charge in [0.25, 0.3) is 5.56 Å². The highest BCUT2D eigenvalue weighted by atomic mass is 32.1. The standard InChI is InChI=1S/C25H17FN2O3S/c1-31-20-4-2-3-19(13-20)28-24(29)22-21(14-32-23(22)27-25(28)30)17-7-5-15(6-8-17)16-9-11-18(26)12-10-16/h2-14H,1H3,(H,27,30). The molecule has 0 amide bonds. The second-order valence-corrected chi connectivity index (χ2v) is 8.09. The van der Waals surface area contributed by atoms with Gasteiger partial charge in [-0.2, -0.15) is 0 Å². The molecule has 32 heavy (non-hydrogen) atoms. The van der Waals surface area contributed by atoms with Crippen LogP contribution in [0.1, 0.15) is 0 Å². The van der Waals surface area contributed by atoms with E-state index in [-0.39, 0.29) is 5.82 Å². The lowest BCUT2D eigenvalue weighted by atomic mass is 10.0. The number of hydrogen-bond donors (Lipinski definition) is 1. The van der Waals surface area contributed by atoms with Crippen LogP contribution in [0.4, 0.5) is 4.39 Å². The summed E-state index contributed by atoms with van der Waals surface area (Å²) in [6.07, 6.45) is 0. The van der Waals surface area contributed by atoms with Crippen molar-refractivity contribution < 1.29 is 9.13 Å². The van der Waals surface area contributed by atoms with Crippen LogP contribution in [-0.2, 0) is 0 Å². The summed E-state index contributed by atoms with van der Waals surface area (Å²) in [5, 5.41) is 2.32. The van der Waals surface area contributed by atoms with Gasteiger partial charge in [-0.1, -0.05) is 42.5 Å². The van der Waals surface area contributed by atoms with Crippen molar-refractivity contribution in [2.24, 2.45) is 0 Å². The van der Waals surface area contributed by atoms with E-state index < -0.39 is 11.2 Å². The summed E-state index contributed by atoms with van der Waals surface area (Å²) < 4.78 is 19.6. The van der Waals surface area contributed by atoms with Gasteiger partial charge in [-0.3, -0.25) is 9.78 Å². The number of benzene rings is 3. The summed E-state index contributed by atoms with van der Waals surface area (Å²) in [5.74, 6) is 0.271. The molecule has 2 heterocycles. The van der Waals surface area contributed by atoms with Crippen LogP contribution in [0.2, 0.25) is 0 Å². The first kappa shape index (κ1) is 20.0. The number of aromatic nitrogens is 2. The van der Waals surface area contributed by atoms with Crippen LogP contribution < -0.4 is 16.0 Å². The molecule has 7 heteroatoms. The molecule has 5 rings (SSSR count). The van der Waals surface area contributed by atoms with E-state index in [1.807, 2.05) is 29.6 Å². The normalized spacial score (nSPS) is 11.1. The van der Waals surface area contributed by atoms with Crippen molar-refractivity contribution >= 4 is 21.6 Å². The van der Waals surface area contributed by atoms with Gasteiger partial charge in [0.05, 0.1) is 18.2 Å². The lowest BCUT2D eigenvalue weighted by Crippen LogP contribution is -2.33. The molecule has 0 bridgehead atoms. The summed E-state index contributed by atoms with van der Waals surface area (Å²) in [6, 6.07) is 20.8. The van der Waals surface area contributed by atoms with Gasteiger partial charge in [0.15, 0.2) is 0 Å². The fourth-order valence-electron chi connectivity index (χ4n) is 3.70. The first-order valence-electron chi connectivity index (χ1n) is 9.82. The Balaban J connectivity index is 1.63. The zero-order valence-corrected chi connectivity index (χ0v) is 17.8.